The largest absolute Gasteiger partial charge is 0.334 e. The maximum atomic E-state index is 12.3. The lowest BCUT2D eigenvalue weighted by molar-refractivity contribution is -0.116. The highest BCUT2D eigenvalue weighted by Crippen LogP contribution is 2.17. The van der Waals surface area contributed by atoms with E-state index in [1.807, 2.05) is 6.07 Å². The van der Waals surface area contributed by atoms with Crippen molar-refractivity contribution in [1.29, 1.82) is 5.26 Å². The maximum Gasteiger partial charge on any atom is 0.319 e. The van der Waals surface area contributed by atoms with Crippen LogP contribution in [0.1, 0.15) is 28.8 Å². The number of hydrogen-bond acceptors (Lipinski definition) is 4. The Balaban J connectivity index is 1.95. The number of benzene rings is 1. The number of amides is 3. The maximum absolute atomic E-state index is 12.3. The van der Waals surface area contributed by atoms with Crippen molar-refractivity contribution >= 4 is 23.3 Å². The predicted octanol–water partition coefficient (Wildman–Crippen LogP) is 2.74. The number of hydrogen-bond donors (Lipinski definition) is 4. The molecule has 150 valence electrons. The molecule has 8 heteroatoms. The molecule has 0 bridgehead atoms. The zero-order chi connectivity index (χ0) is 21.4. The molecule has 0 aliphatic carbocycles. The van der Waals surface area contributed by atoms with Gasteiger partial charge in [-0.25, -0.2) is 4.79 Å². The van der Waals surface area contributed by atoms with Crippen LogP contribution in [0.2, 0.25) is 0 Å². The highest BCUT2D eigenvalue weighted by Gasteiger charge is 2.13. The third-order valence-corrected chi connectivity index (χ3v) is 4.36. The summed E-state index contributed by atoms with van der Waals surface area (Å²) in [4.78, 5) is 38.3. The second kappa shape index (κ2) is 9.90. The zero-order valence-corrected chi connectivity index (χ0v) is 16.4. The second-order valence-corrected chi connectivity index (χ2v) is 6.42. The van der Waals surface area contributed by atoms with Crippen LogP contribution in [0.15, 0.2) is 41.7 Å². The standard InChI is InChI=1S/C21H23N5O3/c1-4-11-23-21(29)26-16-7-5-15(6-8-16)25-19(27)10-9-17-13(2)18(12-22)20(28)24-14(17)3/h4-8H,1,9-11H2,2-3H3,(H,24,28)(H,25,27)(H2,23,26,29). The van der Waals surface area contributed by atoms with Gasteiger partial charge in [0.05, 0.1) is 0 Å². The van der Waals surface area contributed by atoms with Crippen LogP contribution in [0.25, 0.3) is 0 Å². The summed E-state index contributed by atoms with van der Waals surface area (Å²) in [6, 6.07) is 8.29. The molecule has 0 aliphatic heterocycles. The Morgan fingerprint density at radius 1 is 1.17 bits per heavy atom. The van der Waals surface area contributed by atoms with Crippen molar-refractivity contribution in [2.24, 2.45) is 0 Å². The lowest BCUT2D eigenvalue weighted by Crippen LogP contribution is -2.28. The van der Waals surface area contributed by atoms with Crippen molar-refractivity contribution in [3.63, 3.8) is 0 Å². The van der Waals surface area contributed by atoms with Crippen molar-refractivity contribution in [3.05, 3.63) is 69.7 Å². The summed E-state index contributed by atoms with van der Waals surface area (Å²) in [6.07, 6.45) is 2.18. The van der Waals surface area contributed by atoms with E-state index in [4.69, 9.17) is 5.26 Å². The van der Waals surface area contributed by atoms with Crippen LogP contribution in [0.5, 0.6) is 0 Å². The molecule has 0 unspecified atom stereocenters. The van der Waals surface area contributed by atoms with Gasteiger partial charge in [0.15, 0.2) is 0 Å². The van der Waals surface area contributed by atoms with Crippen molar-refractivity contribution in [1.82, 2.24) is 10.3 Å². The van der Waals surface area contributed by atoms with E-state index in [0.717, 1.165) is 5.56 Å². The number of aromatic amines is 1. The Morgan fingerprint density at radius 2 is 1.79 bits per heavy atom. The van der Waals surface area contributed by atoms with Gasteiger partial charge in [-0.1, -0.05) is 6.08 Å². The van der Waals surface area contributed by atoms with Gasteiger partial charge in [-0.2, -0.15) is 5.26 Å². The van der Waals surface area contributed by atoms with Crippen LogP contribution in [0.4, 0.5) is 16.2 Å². The molecule has 8 nitrogen and oxygen atoms in total. The summed E-state index contributed by atoms with van der Waals surface area (Å²) in [6.45, 7) is 7.35. The molecule has 4 N–H and O–H groups in total. The molecule has 1 aromatic carbocycles. The molecule has 2 aromatic rings. The minimum absolute atomic E-state index is 0.0752. The molecular weight excluding hydrogens is 370 g/mol. The first-order valence-corrected chi connectivity index (χ1v) is 9.03. The molecule has 0 radical (unpaired) electrons. The van der Waals surface area contributed by atoms with E-state index in [2.05, 4.69) is 27.5 Å². The molecule has 3 amide bonds. The van der Waals surface area contributed by atoms with Crippen LogP contribution < -0.4 is 21.5 Å². The van der Waals surface area contributed by atoms with Gasteiger partial charge in [-0.15, -0.1) is 6.58 Å². The first-order valence-electron chi connectivity index (χ1n) is 9.03. The number of aromatic nitrogens is 1. The monoisotopic (exact) mass is 393 g/mol. The van der Waals surface area contributed by atoms with E-state index in [9.17, 15) is 14.4 Å². The Kier molecular flexibility index (Phi) is 7.32. The van der Waals surface area contributed by atoms with Gasteiger partial charge in [0.2, 0.25) is 5.91 Å². The van der Waals surface area contributed by atoms with Gasteiger partial charge in [0, 0.05) is 30.0 Å². The van der Waals surface area contributed by atoms with Gasteiger partial charge >= 0.3 is 6.03 Å². The van der Waals surface area contributed by atoms with Crippen molar-refractivity contribution in [2.45, 2.75) is 26.7 Å². The summed E-state index contributed by atoms with van der Waals surface area (Å²) in [5.74, 6) is -0.196. The van der Waals surface area contributed by atoms with E-state index in [-0.39, 0.29) is 23.9 Å². The number of nitriles is 1. The Hall–Kier alpha value is -3.86. The van der Waals surface area contributed by atoms with Gasteiger partial charge < -0.3 is 20.9 Å². The number of carbonyl (C=O) groups is 2. The van der Waals surface area contributed by atoms with Gasteiger partial charge in [-0.3, -0.25) is 9.59 Å². The van der Waals surface area contributed by atoms with Gasteiger partial charge in [0.1, 0.15) is 11.6 Å². The highest BCUT2D eigenvalue weighted by atomic mass is 16.2. The Bertz CT molecular complexity index is 1020. The zero-order valence-electron chi connectivity index (χ0n) is 16.4. The quantitative estimate of drug-likeness (QED) is 0.539. The Morgan fingerprint density at radius 3 is 2.38 bits per heavy atom. The Labute approximate surface area is 168 Å². The number of H-pyrrole nitrogens is 1. The normalized spacial score (nSPS) is 9.97. The molecule has 0 atom stereocenters. The van der Waals surface area contributed by atoms with Crippen LogP contribution in [-0.2, 0) is 11.2 Å². The molecular formula is C21H23N5O3. The first kappa shape index (κ1) is 21.4. The van der Waals surface area contributed by atoms with Crippen LogP contribution in [-0.4, -0.2) is 23.5 Å². The van der Waals surface area contributed by atoms with Crippen LogP contribution >= 0.6 is 0 Å². The fourth-order valence-electron chi connectivity index (χ4n) is 2.86. The number of anilines is 2. The minimum atomic E-state index is -0.414. The summed E-state index contributed by atoms with van der Waals surface area (Å²) in [5.41, 5.74) is 2.90. The molecule has 2 rings (SSSR count). The SMILES string of the molecule is C=CCNC(=O)Nc1ccc(NC(=O)CCc2c(C)[nH]c(=O)c(C#N)c2C)cc1. The molecule has 0 saturated heterocycles. The predicted molar refractivity (Wildman–Crippen MR) is 112 cm³/mol. The fourth-order valence-corrected chi connectivity index (χ4v) is 2.86. The van der Waals surface area contributed by atoms with Gasteiger partial charge in [-0.05, 0) is 55.7 Å². The fraction of sp³-hybridized carbons (Fsp3) is 0.238. The number of rotatable bonds is 7. The van der Waals surface area contributed by atoms with E-state index in [1.165, 1.54) is 0 Å². The number of carbonyl (C=O) groups excluding carboxylic acids is 2. The lowest BCUT2D eigenvalue weighted by atomic mass is 9.99. The minimum Gasteiger partial charge on any atom is -0.334 e. The third-order valence-electron chi connectivity index (χ3n) is 4.36. The average Bonchev–Trinajstić information content (AvgIpc) is 2.67. The number of nitrogens with one attached hydrogen (secondary N) is 4. The summed E-state index contributed by atoms with van der Waals surface area (Å²) < 4.78 is 0. The number of urea groups is 1. The van der Waals surface area contributed by atoms with Gasteiger partial charge in [0.25, 0.3) is 5.56 Å². The average molecular weight is 393 g/mol. The summed E-state index contributed by atoms with van der Waals surface area (Å²) in [5, 5.41) is 17.2. The van der Waals surface area contributed by atoms with Crippen LogP contribution in [0.3, 0.4) is 0 Å². The molecule has 0 aliphatic rings. The molecule has 0 saturated carbocycles. The number of nitrogens with zero attached hydrogens (tertiary/aromatic N) is 1. The van der Waals surface area contributed by atoms with Crippen LogP contribution in [0, 0.1) is 25.2 Å². The second-order valence-electron chi connectivity index (χ2n) is 6.42. The lowest BCUT2D eigenvalue weighted by Gasteiger charge is -2.11. The molecule has 1 heterocycles. The third kappa shape index (κ3) is 5.81. The van der Waals surface area contributed by atoms with E-state index >= 15 is 0 Å². The van der Waals surface area contributed by atoms with Crippen molar-refractivity contribution in [3.8, 4) is 6.07 Å². The van der Waals surface area contributed by atoms with E-state index in [1.54, 1.807) is 44.2 Å². The molecule has 0 fully saturated rings. The van der Waals surface area contributed by atoms with E-state index in [0.29, 0.717) is 35.6 Å². The topological polar surface area (TPSA) is 127 Å². The highest BCUT2D eigenvalue weighted by molar-refractivity contribution is 5.92. The summed E-state index contributed by atoms with van der Waals surface area (Å²) in [7, 11) is 0. The number of aryl methyl sites for hydroxylation is 1. The summed E-state index contributed by atoms with van der Waals surface area (Å²) >= 11 is 0. The molecule has 1 aromatic heterocycles. The van der Waals surface area contributed by atoms with E-state index < -0.39 is 5.56 Å². The smallest absolute Gasteiger partial charge is 0.319 e. The molecule has 29 heavy (non-hydrogen) atoms. The number of pyridine rings is 1. The first-order chi connectivity index (χ1) is 13.8. The van der Waals surface area contributed by atoms with Crippen molar-refractivity contribution < 1.29 is 9.59 Å². The molecule has 0 spiro atoms. The van der Waals surface area contributed by atoms with Crippen molar-refractivity contribution in [2.75, 3.05) is 17.2 Å².